The monoisotopic (exact) mass is 287 g/mol. The predicted molar refractivity (Wildman–Crippen MR) is 75.1 cm³/mol. The first-order chi connectivity index (χ1) is 10.0. The summed E-state index contributed by atoms with van der Waals surface area (Å²) in [6.07, 6.45) is 1.96. The highest BCUT2D eigenvalue weighted by atomic mass is 16.4. The molecule has 0 unspecified atom stereocenters. The van der Waals surface area contributed by atoms with Crippen molar-refractivity contribution in [1.29, 1.82) is 0 Å². The number of urea groups is 1. The van der Waals surface area contributed by atoms with Gasteiger partial charge < -0.3 is 9.67 Å². The van der Waals surface area contributed by atoms with Crippen LogP contribution in [0.2, 0.25) is 0 Å². The molecule has 0 radical (unpaired) electrons. The molecular formula is C14H13N3O4. The Morgan fingerprint density at radius 2 is 2.10 bits per heavy atom. The lowest BCUT2D eigenvalue weighted by atomic mass is 10.2. The van der Waals surface area contributed by atoms with Crippen molar-refractivity contribution in [2.45, 2.75) is 13.0 Å². The van der Waals surface area contributed by atoms with E-state index in [1.54, 1.807) is 29.0 Å². The number of carbonyl (C=O) groups is 3. The SMILES string of the molecule is O=C(O)Cn1ccc2cc(N3CCC(=O)NC3=O)ccc21. The molecule has 1 aliphatic heterocycles. The van der Waals surface area contributed by atoms with E-state index in [1.165, 1.54) is 4.90 Å². The van der Waals surface area contributed by atoms with E-state index in [0.29, 0.717) is 12.2 Å². The maximum Gasteiger partial charge on any atom is 0.328 e. The molecule has 0 atom stereocenters. The Morgan fingerprint density at radius 1 is 1.29 bits per heavy atom. The lowest BCUT2D eigenvalue weighted by molar-refractivity contribution is -0.137. The second kappa shape index (κ2) is 4.93. The number of benzene rings is 1. The van der Waals surface area contributed by atoms with Crippen molar-refractivity contribution < 1.29 is 19.5 Å². The highest BCUT2D eigenvalue weighted by molar-refractivity contribution is 6.06. The number of nitrogens with one attached hydrogen (secondary N) is 1. The highest BCUT2D eigenvalue weighted by Gasteiger charge is 2.24. The van der Waals surface area contributed by atoms with Gasteiger partial charge in [0, 0.05) is 35.8 Å². The minimum Gasteiger partial charge on any atom is -0.480 e. The fourth-order valence-corrected chi connectivity index (χ4v) is 2.45. The fourth-order valence-electron chi connectivity index (χ4n) is 2.45. The largest absolute Gasteiger partial charge is 0.480 e. The molecule has 7 heteroatoms. The van der Waals surface area contributed by atoms with Crippen molar-refractivity contribution in [3.63, 3.8) is 0 Å². The van der Waals surface area contributed by atoms with E-state index in [2.05, 4.69) is 5.32 Å². The lowest BCUT2D eigenvalue weighted by Crippen LogP contribution is -2.49. The number of imide groups is 1. The smallest absolute Gasteiger partial charge is 0.328 e. The van der Waals surface area contributed by atoms with Crippen LogP contribution >= 0.6 is 0 Å². The van der Waals surface area contributed by atoms with Crippen molar-refractivity contribution in [1.82, 2.24) is 9.88 Å². The number of fused-ring (bicyclic) bond motifs is 1. The molecule has 0 aliphatic carbocycles. The Hall–Kier alpha value is -2.83. The molecular weight excluding hydrogens is 274 g/mol. The molecule has 1 aliphatic rings. The Morgan fingerprint density at radius 3 is 2.81 bits per heavy atom. The van der Waals surface area contributed by atoms with Gasteiger partial charge >= 0.3 is 12.0 Å². The Kier molecular flexibility index (Phi) is 3.09. The summed E-state index contributed by atoms with van der Waals surface area (Å²) < 4.78 is 1.63. The van der Waals surface area contributed by atoms with Crippen LogP contribution in [0.1, 0.15) is 6.42 Å². The van der Waals surface area contributed by atoms with Gasteiger partial charge in [-0.1, -0.05) is 0 Å². The number of hydrogen-bond donors (Lipinski definition) is 2. The number of aromatic nitrogens is 1. The molecule has 21 heavy (non-hydrogen) atoms. The third kappa shape index (κ3) is 2.45. The molecule has 2 heterocycles. The molecule has 1 fully saturated rings. The number of carboxylic acid groups (broad SMARTS) is 1. The Bertz CT molecular complexity index is 750. The van der Waals surface area contributed by atoms with Crippen molar-refractivity contribution >= 4 is 34.5 Å². The standard InChI is InChI=1S/C14H13N3O4/c18-12-4-6-17(14(21)15-12)10-1-2-11-9(7-10)3-5-16(11)8-13(19)20/h1-3,5,7H,4,6,8H2,(H,19,20)(H,15,18,21). The van der Waals surface area contributed by atoms with Crippen LogP contribution in [0.5, 0.6) is 0 Å². The first-order valence-electron chi connectivity index (χ1n) is 6.46. The van der Waals surface area contributed by atoms with Gasteiger partial charge in [-0.25, -0.2) is 4.79 Å². The maximum absolute atomic E-state index is 11.8. The third-order valence-electron chi connectivity index (χ3n) is 3.43. The molecule has 3 amide bonds. The van der Waals surface area contributed by atoms with Crippen LogP contribution in [0.25, 0.3) is 10.9 Å². The van der Waals surface area contributed by atoms with E-state index in [4.69, 9.17) is 5.11 Å². The predicted octanol–water partition coefficient (Wildman–Crippen LogP) is 1.17. The van der Waals surface area contributed by atoms with E-state index < -0.39 is 12.0 Å². The Balaban J connectivity index is 1.93. The third-order valence-corrected chi connectivity index (χ3v) is 3.43. The summed E-state index contributed by atoms with van der Waals surface area (Å²) >= 11 is 0. The van der Waals surface area contributed by atoms with Gasteiger partial charge in [0.1, 0.15) is 6.54 Å². The van der Waals surface area contributed by atoms with Crippen LogP contribution in [0, 0.1) is 0 Å². The molecule has 0 bridgehead atoms. The number of anilines is 1. The van der Waals surface area contributed by atoms with Crippen LogP contribution in [0.15, 0.2) is 30.5 Å². The second-order valence-corrected chi connectivity index (χ2v) is 4.84. The van der Waals surface area contributed by atoms with Crippen LogP contribution in [0.4, 0.5) is 10.5 Å². The number of hydrogen-bond acceptors (Lipinski definition) is 3. The van der Waals surface area contributed by atoms with Gasteiger partial charge in [-0.2, -0.15) is 0 Å². The molecule has 0 saturated carbocycles. The zero-order chi connectivity index (χ0) is 15.0. The van der Waals surface area contributed by atoms with Gasteiger partial charge in [-0.05, 0) is 24.3 Å². The summed E-state index contributed by atoms with van der Waals surface area (Å²) in [4.78, 5) is 35.2. The molecule has 2 aromatic rings. The quantitative estimate of drug-likeness (QED) is 0.886. The first-order valence-corrected chi connectivity index (χ1v) is 6.46. The number of carboxylic acids is 1. The normalized spacial score (nSPS) is 15.3. The number of amides is 3. The number of rotatable bonds is 3. The van der Waals surface area contributed by atoms with Gasteiger partial charge in [0.25, 0.3) is 0 Å². The first kappa shape index (κ1) is 13.2. The van der Waals surface area contributed by atoms with Gasteiger partial charge in [0.2, 0.25) is 5.91 Å². The van der Waals surface area contributed by atoms with Crippen molar-refractivity contribution in [3.05, 3.63) is 30.5 Å². The second-order valence-electron chi connectivity index (χ2n) is 4.84. The summed E-state index contributed by atoms with van der Waals surface area (Å²) in [6.45, 7) is 0.230. The molecule has 3 rings (SSSR count). The molecule has 108 valence electrons. The van der Waals surface area contributed by atoms with Crippen LogP contribution in [0.3, 0.4) is 0 Å². The highest BCUT2D eigenvalue weighted by Crippen LogP contribution is 2.24. The van der Waals surface area contributed by atoms with Crippen LogP contribution < -0.4 is 10.2 Å². The van der Waals surface area contributed by atoms with Gasteiger partial charge in [-0.15, -0.1) is 0 Å². The topological polar surface area (TPSA) is 91.6 Å². The molecule has 2 N–H and O–H groups in total. The minimum atomic E-state index is -0.912. The molecule has 1 aromatic carbocycles. The van der Waals surface area contributed by atoms with E-state index in [9.17, 15) is 14.4 Å². The van der Waals surface area contributed by atoms with Gasteiger partial charge in [0.05, 0.1) is 0 Å². The van der Waals surface area contributed by atoms with Crippen molar-refractivity contribution in [2.75, 3.05) is 11.4 Å². The fraction of sp³-hybridized carbons (Fsp3) is 0.214. The summed E-state index contributed by atoms with van der Waals surface area (Å²) in [5.74, 6) is -1.18. The molecule has 0 spiro atoms. The summed E-state index contributed by atoms with van der Waals surface area (Å²) in [5, 5.41) is 12.0. The van der Waals surface area contributed by atoms with Gasteiger partial charge in [0.15, 0.2) is 0 Å². The lowest BCUT2D eigenvalue weighted by Gasteiger charge is -2.26. The summed E-state index contributed by atoms with van der Waals surface area (Å²) in [7, 11) is 0. The number of nitrogens with zero attached hydrogens (tertiary/aromatic N) is 2. The minimum absolute atomic E-state index is 0.110. The van der Waals surface area contributed by atoms with Crippen LogP contribution in [-0.4, -0.2) is 34.1 Å². The maximum atomic E-state index is 11.8. The molecule has 1 aromatic heterocycles. The molecule has 7 nitrogen and oxygen atoms in total. The molecule has 1 saturated heterocycles. The van der Waals surface area contributed by atoms with Crippen molar-refractivity contribution in [2.24, 2.45) is 0 Å². The van der Waals surface area contributed by atoms with E-state index >= 15 is 0 Å². The summed E-state index contributed by atoms with van der Waals surface area (Å²) in [6, 6.07) is 6.70. The summed E-state index contributed by atoms with van der Waals surface area (Å²) in [5.41, 5.74) is 1.47. The van der Waals surface area contributed by atoms with Crippen molar-refractivity contribution in [3.8, 4) is 0 Å². The van der Waals surface area contributed by atoms with E-state index in [0.717, 1.165) is 10.9 Å². The zero-order valence-corrected chi connectivity index (χ0v) is 11.1. The van der Waals surface area contributed by atoms with E-state index in [1.807, 2.05) is 6.07 Å². The van der Waals surface area contributed by atoms with Crippen LogP contribution in [-0.2, 0) is 16.1 Å². The number of carbonyl (C=O) groups excluding carboxylic acids is 2. The van der Waals surface area contributed by atoms with E-state index in [-0.39, 0.29) is 18.9 Å². The zero-order valence-electron chi connectivity index (χ0n) is 11.1. The van der Waals surface area contributed by atoms with Gasteiger partial charge in [-0.3, -0.25) is 19.8 Å². The average molecular weight is 287 g/mol. The Labute approximate surface area is 119 Å². The number of aliphatic carboxylic acids is 1. The average Bonchev–Trinajstić information content (AvgIpc) is 2.80.